The number of hydrogen-bond acceptors (Lipinski definition) is 6. The molecule has 1 aromatic heterocycles. The molecule has 0 bridgehead atoms. The largest absolute Gasteiger partial charge is 0.388 e. The zero-order chi connectivity index (χ0) is 23.4. The third-order valence-electron chi connectivity index (χ3n) is 6.54. The van der Waals surface area contributed by atoms with E-state index in [9.17, 15) is 0 Å². The maximum atomic E-state index is 5.86. The summed E-state index contributed by atoms with van der Waals surface area (Å²) in [5.41, 5.74) is 3.95. The summed E-state index contributed by atoms with van der Waals surface area (Å²) in [6.45, 7) is 6.87. The first-order chi connectivity index (χ1) is 15.9. The van der Waals surface area contributed by atoms with Crippen molar-refractivity contribution in [1.29, 1.82) is 0 Å². The Labute approximate surface area is 201 Å². The van der Waals surface area contributed by atoms with Crippen LogP contribution in [0.5, 0.6) is 0 Å². The monoisotopic (exact) mass is 468 g/mol. The average Bonchev–Trinajstić information content (AvgIpc) is 2.99. The van der Waals surface area contributed by atoms with E-state index >= 15 is 0 Å². The van der Waals surface area contributed by atoms with Crippen molar-refractivity contribution in [1.82, 2.24) is 9.55 Å². The molecule has 1 saturated heterocycles. The van der Waals surface area contributed by atoms with E-state index in [0.717, 1.165) is 55.3 Å². The lowest BCUT2D eigenvalue weighted by Crippen LogP contribution is -2.26. The number of rotatable bonds is 8. The molecule has 178 valence electrons. The van der Waals surface area contributed by atoms with Crippen LogP contribution in [-0.4, -0.2) is 44.0 Å². The normalized spacial score (nSPS) is 17.2. The van der Waals surface area contributed by atoms with Crippen LogP contribution in [0.15, 0.2) is 47.4 Å². The van der Waals surface area contributed by atoms with Gasteiger partial charge in [0.25, 0.3) is 0 Å². The lowest BCUT2D eigenvalue weighted by Gasteiger charge is -2.25. The molecular formula is C26H36N4O2S. The van der Waals surface area contributed by atoms with Crippen molar-refractivity contribution in [3.8, 4) is 0 Å². The van der Waals surface area contributed by atoms with Gasteiger partial charge in [0.2, 0.25) is 0 Å². The first kappa shape index (κ1) is 23.9. The number of ether oxygens (including phenoxy) is 2. The topological polar surface area (TPSA) is 51.5 Å². The van der Waals surface area contributed by atoms with Gasteiger partial charge >= 0.3 is 0 Å². The summed E-state index contributed by atoms with van der Waals surface area (Å²) < 4.78 is 16.1. The highest BCUT2D eigenvalue weighted by atomic mass is 32.2. The van der Waals surface area contributed by atoms with E-state index in [1.54, 1.807) is 19.1 Å². The lowest BCUT2D eigenvalue weighted by atomic mass is 10.00. The summed E-state index contributed by atoms with van der Waals surface area (Å²) in [5.74, 6) is 1.58. The van der Waals surface area contributed by atoms with E-state index in [4.69, 9.17) is 14.5 Å². The van der Waals surface area contributed by atoms with Gasteiger partial charge in [-0.05, 0) is 93.4 Å². The van der Waals surface area contributed by atoms with Crippen molar-refractivity contribution in [3.63, 3.8) is 0 Å². The molecule has 2 aromatic carbocycles. The van der Waals surface area contributed by atoms with Gasteiger partial charge in [0.15, 0.2) is 0 Å². The van der Waals surface area contributed by atoms with Crippen LogP contribution in [0.3, 0.4) is 0 Å². The molecule has 0 spiro atoms. The Kier molecular flexibility index (Phi) is 7.51. The molecule has 4 rings (SSSR count). The van der Waals surface area contributed by atoms with Crippen molar-refractivity contribution in [2.75, 3.05) is 44.0 Å². The minimum absolute atomic E-state index is 0.462. The van der Waals surface area contributed by atoms with E-state index in [1.165, 1.54) is 16.8 Å². The van der Waals surface area contributed by atoms with Gasteiger partial charge < -0.3 is 23.7 Å². The molecule has 1 aliphatic rings. The van der Waals surface area contributed by atoms with E-state index in [1.807, 2.05) is 7.05 Å². The number of hydrogen-bond donors (Lipinski definition) is 1. The minimum atomic E-state index is -0.462. The number of methoxy groups -OCH3 is 1. The number of anilines is 2. The summed E-state index contributed by atoms with van der Waals surface area (Å²) in [6.07, 6.45) is 3.41. The zero-order valence-electron chi connectivity index (χ0n) is 20.4. The lowest BCUT2D eigenvalue weighted by molar-refractivity contribution is 0.00827. The fourth-order valence-electron chi connectivity index (χ4n) is 4.35. The standard InChI is InChI=1S/C26H36N4O2S/c1-26(2,31-5)25-28-23-17-21(29(4)33-22-11-8-20(27-3)9-12-22)10-13-24(23)30(25)18-19-7-6-15-32-16-14-19/h8-13,17,19,27H,6-7,14-16,18H2,1-5H3. The van der Waals surface area contributed by atoms with Gasteiger partial charge in [-0.3, -0.25) is 0 Å². The molecule has 0 radical (unpaired) electrons. The molecule has 1 fully saturated rings. The third kappa shape index (κ3) is 5.48. The van der Waals surface area contributed by atoms with Gasteiger partial charge in [0.05, 0.1) is 11.0 Å². The molecular weight excluding hydrogens is 432 g/mol. The van der Waals surface area contributed by atoms with Crippen LogP contribution in [0, 0.1) is 5.92 Å². The molecule has 7 heteroatoms. The summed E-state index contributed by atoms with van der Waals surface area (Å²) in [4.78, 5) is 6.27. The van der Waals surface area contributed by atoms with Crippen LogP contribution in [0.1, 0.15) is 38.9 Å². The van der Waals surface area contributed by atoms with Gasteiger partial charge in [0.1, 0.15) is 11.4 Å². The van der Waals surface area contributed by atoms with Gasteiger partial charge in [-0.1, -0.05) is 0 Å². The van der Waals surface area contributed by atoms with E-state index in [-0.39, 0.29) is 0 Å². The van der Waals surface area contributed by atoms with E-state index < -0.39 is 5.60 Å². The zero-order valence-corrected chi connectivity index (χ0v) is 21.2. The summed E-state index contributed by atoms with van der Waals surface area (Å²) in [6, 6.07) is 15.0. The molecule has 1 atom stereocenters. The SMILES string of the molecule is CNc1ccc(SN(C)c2ccc3c(c2)nc(C(C)(C)OC)n3CC2CCCOCC2)cc1. The van der Waals surface area contributed by atoms with E-state index in [0.29, 0.717) is 5.92 Å². The van der Waals surface area contributed by atoms with Crippen molar-refractivity contribution in [2.24, 2.45) is 5.92 Å². The summed E-state index contributed by atoms with van der Waals surface area (Å²) >= 11 is 1.71. The molecule has 0 amide bonds. The molecule has 1 unspecified atom stereocenters. The maximum Gasteiger partial charge on any atom is 0.141 e. The molecule has 33 heavy (non-hydrogen) atoms. The summed E-state index contributed by atoms with van der Waals surface area (Å²) in [7, 11) is 5.80. The second-order valence-corrected chi connectivity index (χ2v) is 10.4. The Balaban J connectivity index is 1.63. The number of imidazole rings is 1. The molecule has 0 saturated carbocycles. The number of benzene rings is 2. The van der Waals surface area contributed by atoms with Gasteiger partial charge in [-0.25, -0.2) is 4.98 Å². The predicted octanol–water partition coefficient (Wildman–Crippen LogP) is 5.92. The first-order valence-electron chi connectivity index (χ1n) is 11.7. The Bertz CT molecular complexity index is 1060. The number of aromatic nitrogens is 2. The van der Waals surface area contributed by atoms with Gasteiger partial charge in [-0.15, -0.1) is 0 Å². The van der Waals surface area contributed by atoms with Crippen LogP contribution in [0.2, 0.25) is 0 Å². The van der Waals surface area contributed by atoms with Crippen LogP contribution in [0.4, 0.5) is 11.4 Å². The second-order valence-electron chi connectivity index (χ2n) is 9.21. The number of nitrogens with one attached hydrogen (secondary N) is 1. The second kappa shape index (κ2) is 10.4. The molecule has 2 heterocycles. The van der Waals surface area contributed by atoms with Crippen LogP contribution >= 0.6 is 11.9 Å². The quantitative estimate of drug-likeness (QED) is 0.414. The highest BCUT2D eigenvalue weighted by molar-refractivity contribution is 8.00. The van der Waals surface area contributed by atoms with Crippen LogP contribution < -0.4 is 9.62 Å². The van der Waals surface area contributed by atoms with Crippen molar-refractivity contribution in [2.45, 2.75) is 50.2 Å². The Morgan fingerprint density at radius 2 is 1.97 bits per heavy atom. The maximum absolute atomic E-state index is 5.86. The Morgan fingerprint density at radius 3 is 2.70 bits per heavy atom. The predicted molar refractivity (Wildman–Crippen MR) is 138 cm³/mol. The first-order valence-corrected chi connectivity index (χ1v) is 12.5. The van der Waals surface area contributed by atoms with Crippen LogP contribution in [-0.2, 0) is 21.6 Å². The average molecular weight is 469 g/mol. The molecule has 0 aliphatic carbocycles. The third-order valence-corrected chi connectivity index (χ3v) is 7.51. The molecule has 6 nitrogen and oxygen atoms in total. The van der Waals surface area contributed by atoms with Crippen molar-refractivity contribution >= 4 is 34.4 Å². The number of fused-ring (bicyclic) bond motifs is 1. The molecule has 1 aliphatic heterocycles. The van der Waals surface area contributed by atoms with E-state index in [2.05, 4.69) is 77.5 Å². The smallest absolute Gasteiger partial charge is 0.141 e. The van der Waals surface area contributed by atoms with Gasteiger partial charge in [0, 0.05) is 57.2 Å². The highest BCUT2D eigenvalue weighted by Gasteiger charge is 2.29. The highest BCUT2D eigenvalue weighted by Crippen LogP contribution is 2.34. The van der Waals surface area contributed by atoms with Crippen molar-refractivity contribution < 1.29 is 9.47 Å². The Hall–Kier alpha value is -2.22. The minimum Gasteiger partial charge on any atom is -0.388 e. The Morgan fingerprint density at radius 1 is 1.18 bits per heavy atom. The van der Waals surface area contributed by atoms with Crippen molar-refractivity contribution in [3.05, 3.63) is 48.3 Å². The molecule has 3 aromatic rings. The molecule has 1 N–H and O–H groups in total. The van der Waals surface area contributed by atoms with Crippen LogP contribution in [0.25, 0.3) is 11.0 Å². The fourth-order valence-corrected chi connectivity index (χ4v) is 5.15. The fraction of sp³-hybridized carbons (Fsp3) is 0.500. The summed E-state index contributed by atoms with van der Waals surface area (Å²) in [5, 5.41) is 3.17. The number of nitrogens with zero attached hydrogens (tertiary/aromatic N) is 3. The van der Waals surface area contributed by atoms with Gasteiger partial charge in [-0.2, -0.15) is 0 Å².